The highest BCUT2D eigenvalue weighted by atomic mass is 35.5. The maximum absolute atomic E-state index is 13.1. The number of benzene rings is 2. The lowest BCUT2D eigenvalue weighted by atomic mass is 9.92. The van der Waals surface area contributed by atoms with Gasteiger partial charge in [0.2, 0.25) is 17.8 Å². The number of aryl methyl sites for hydroxylation is 1. The number of carbonyl (C=O) groups excluding carboxylic acids is 2. The summed E-state index contributed by atoms with van der Waals surface area (Å²) < 4.78 is 13.1. The third kappa shape index (κ3) is 4.41. The largest absolute Gasteiger partial charge is 0.326 e. The van der Waals surface area contributed by atoms with Crippen molar-refractivity contribution in [3.8, 4) is 0 Å². The van der Waals surface area contributed by atoms with Gasteiger partial charge in [0.1, 0.15) is 11.6 Å². The number of nitrogens with zero attached hydrogens (tertiary/aromatic N) is 1. The number of fused-ring (bicyclic) bond motifs is 1. The van der Waals surface area contributed by atoms with Gasteiger partial charge in [-0.05, 0) is 48.9 Å². The Morgan fingerprint density at radius 1 is 1.19 bits per heavy atom. The number of rotatable bonds is 4. The summed E-state index contributed by atoms with van der Waals surface area (Å²) in [6.07, 6.45) is -0.211. The van der Waals surface area contributed by atoms with Crippen LogP contribution < -0.4 is 21.5 Å². The fourth-order valence-electron chi connectivity index (χ4n) is 3.27. The number of amides is 2. The van der Waals surface area contributed by atoms with E-state index in [0.717, 1.165) is 5.56 Å². The zero-order valence-electron chi connectivity index (χ0n) is 16.3. The minimum atomic E-state index is -1.04. The van der Waals surface area contributed by atoms with Crippen molar-refractivity contribution in [1.29, 1.82) is 0 Å². The summed E-state index contributed by atoms with van der Waals surface area (Å²) >= 11 is 6.17. The molecule has 10 heteroatoms. The van der Waals surface area contributed by atoms with E-state index < -0.39 is 29.1 Å². The van der Waals surface area contributed by atoms with Crippen LogP contribution >= 0.6 is 11.6 Å². The van der Waals surface area contributed by atoms with Crippen LogP contribution in [0.2, 0.25) is 5.02 Å². The molecule has 4 N–H and O–H groups in total. The highest BCUT2D eigenvalue weighted by molar-refractivity contribution is 6.33. The van der Waals surface area contributed by atoms with E-state index in [9.17, 15) is 18.8 Å². The molecule has 0 saturated heterocycles. The Hall–Kier alpha value is -3.72. The van der Waals surface area contributed by atoms with Crippen LogP contribution in [0.5, 0.6) is 0 Å². The number of hydrogen-bond donors (Lipinski definition) is 4. The van der Waals surface area contributed by atoms with E-state index >= 15 is 0 Å². The van der Waals surface area contributed by atoms with Gasteiger partial charge < -0.3 is 16.0 Å². The van der Waals surface area contributed by atoms with Gasteiger partial charge in [0.15, 0.2) is 0 Å². The zero-order valence-corrected chi connectivity index (χ0v) is 17.0. The SMILES string of the molecule is Cc1ccc(NC(=O)C2CC(=O)Nc3nc(Nc4ccc(F)cc4)[nH]c(=O)c32)c(Cl)c1. The predicted molar refractivity (Wildman–Crippen MR) is 115 cm³/mol. The van der Waals surface area contributed by atoms with Crippen LogP contribution in [0.4, 0.5) is 27.5 Å². The maximum Gasteiger partial charge on any atom is 0.258 e. The average Bonchev–Trinajstić information content (AvgIpc) is 2.71. The van der Waals surface area contributed by atoms with Crippen molar-refractivity contribution in [1.82, 2.24) is 9.97 Å². The molecule has 2 amide bonds. The van der Waals surface area contributed by atoms with Crippen LogP contribution in [0.1, 0.15) is 23.5 Å². The van der Waals surface area contributed by atoms with Crippen molar-refractivity contribution in [3.63, 3.8) is 0 Å². The van der Waals surface area contributed by atoms with Crippen molar-refractivity contribution < 1.29 is 14.0 Å². The van der Waals surface area contributed by atoms with Gasteiger partial charge in [-0.1, -0.05) is 17.7 Å². The molecule has 1 aromatic heterocycles. The molecule has 158 valence electrons. The number of carbonyl (C=O) groups is 2. The van der Waals surface area contributed by atoms with Crippen LogP contribution in [0.3, 0.4) is 0 Å². The summed E-state index contributed by atoms with van der Waals surface area (Å²) in [6, 6.07) is 10.6. The Labute approximate surface area is 180 Å². The molecular weight excluding hydrogens is 425 g/mol. The maximum atomic E-state index is 13.1. The van der Waals surface area contributed by atoms with Gasteiger partial charge in [0.25, 0.3) is 5.56 Å². The standard InChI is InChI=1S/C21H17ClFN5O3/c1-10-2-7-15(14(22)8-10)25-19(30)13-9-16(29)26-18-17(13)20(31)28-21(27-18)24-12-5-3-11(23)4-6-12/h2-8,13H,9H2,1H3,(H,25,30)(H3,24,26,27,28,29,31). The average molecular weight is 442 g/mol. The molecule has 0 radical (unpaired) electrons. The summed E-state index contributed by atoms with van der Waals surface area (Å²) in [5.74, 6) is -2.43. The number of halogens is 2. The van der Waals surface area contributed by atoms with E-state index in [0.29, 0.717) is 16.4 Å². The zero-order chi connectivity index (χ0) is 22.1. The van der Waals surface area contributed by atoms with Crippen LogP contribution in [0.15, 0.2) is 47.3 Å². The number of H-pyrrole nitrogens is 1. The molecule has 0 spiro atoms. The number of hydrogen-bond acceptors (Lipinski definition) is 5. The molecule has 4 rings (SSSR count). The molecule has 0 saturated carbocycles. The third-order valence-electron chi connectivity index (χ3n) is 4.76. The number of aromatic nitrogens is 2. The summed E-state index contributed by atoms with van der Waals surface area (Å²) in [7, 11) is 0. The van der Waals surface area contributed by atoms with E-state index in [-0.39, 0.29) is 23.8 Å². The molecule has 1 atom stereocenters. The molecule has 0 bridgehead atoms. The summed E-state index contributed by atoms with van der Waals surface area (Å²) in [5, 5.41) is 8.38. The Bertz CT molecular complexity index is 1240. The van der Waals surface area contributed by atoms with E-state index in [1.807, 2.05) is 6.92 Å². The van der Waals surface area contributed by atoms with E-state index in [1.54, 1.807) is 18.2 Å². The predicted octanol–water partition coefficient (Wildman–Crippen LogP) is 3.68. The second-order valence-corrected chi connectivity index (χ2v) is 7.49. The van der Waals surface area contributed by atoms with Crippen LogP contribution in [-0.2, 0) is 9.59 Å². The Morgan fingerprint density at radius 2 is 1.94 bits per heavy atom. The van der Waals surface area contributed by atoms with E-state index in [4.69, 9.17) is 11.6 Å². The molecule has 31 heavy (non-hydrogen) atoms. The van der Waals surface area contributed by atoms with Crippen molar-refractivity contribution in [3.05, 3.63) is 74.8 Å². The van der Waals surface area contributed by atoms with Gasteiger partial charge in [0.05, 0.1) is 22.2 Å². The van der Waals surface area contributed by atoms with Crippen molar-refractivity contribution >= 4 is 46.6 Å². The first kappa shape index (κ1) is 20.5. The number of aromatic amines is 1. The molecule has 1 aliphatic rings. The Balaban J connectivity index is 1.64. The Kier molecular flexibility index (Phi) is 5.43. The highest BCUT2D eigenvalue weighted by Crippen LogP contribution is 2.31. The van der Waals surface area contributed by atoms with Gasteiger partial charge in [-0.3, -0.25) is 19.4 Å². The van der Waals surface area contributed by atoms with Crippen LogP contribution in [0.25, 0.3) is 0 Å². The van der Waals surface area contributed by atoms with Gasteiger partial charge in [-0.2, -0.15) is 4.98 Å². The first-order chi connectivity index (χ1) is 14.8. The lowest BCUT2D eigenvalue weighted by Gasteiger charge is -2.24. The van der Waals surface area contributed by atoms with Crippen LogP contribution in [0, 0.1) is 12.7 Å². The molecule has 3 aromatic rings. The molecule has 1 aliphatic heterocycles. The highest BCUT2D eigenvalue weighted by Gasteiger charge is 2.35. The van der Waals surface area contributed by atoms with Crippen molar-refractivity contribution in [2.45, 2.75) is 19.3 Å². The second-order valence-electron chi connectivity index (χ2n) is 7.09. The fraction of sp³-hybridized carbons (Fsp3) is 0.143. The number of anilines is 4. The lowest BCUT2D eigenvalue weighted by Crippen LogP contribution is -2.36. The molecule has 2 aromatic carbocycles. The summed E-state index contributed by atoms with van der Waals surface area (Å²) in [4.78, 5) is 44.6. The van der Waals surface area contributed by atoms with Gasteiger partial charge in [-0.25, -0.2) is 4.39 Å². The molecule has 1 unspecified atom stereocenters. The van der Waals surface area contributed by atoms with E-state index in [2.05, 4.69) is 25.9 Å². The Morgan fingerprint density at radius 3 is 2.65 bits per heavy atom. The molecular formula is C21H17ClFN5O3. The summed E-state index contributed by atoms with van der Waals surface area (Å²) in [6.45, 7) is 1.86. The van der Waals surface area contributed by atoms with Gasteiger partial charge in [0, 0.05) is 12.1 Å². The van der Waals surface area contributed by atoms with Crippen LogP contribution in [-0.4, -0.2) is 21.8 Å². The van der Waals surface area contributed by atoms with Gasteiger partial charge >= 0.3 is 0 Å². The van der Waals surface area contributed by atoms with Gasteiger partial charge in [-0.15, -0.1) is 0 Å². The molecule has 0 fully saturated rings. The first-order valence-electron chi connectivity index (χ1n) is 9.34. The summed E-state index contributed by atoms with van der Waals surface area (Å²) in [5.41, 5.74) is 1.25. The minimum Gasteiger partial charge on any atom is -0.326 e. The molecule has 0 aliphatic carbocycles. The normalized spacial score (nSPS) is 15.1. The van der Waals surface area contributed by atoms with Crippen molar-refractivity contribution in [2.75, 3.05) is 16.0 Å². The third-order valence-corrected chi connectivity index (χ3v) is 5.07. The first-order valence-corrected chi connectivity index (χ1v) is 9.71. The van der Waals surface area contributed by atoms with Crippen molar-refractivity contribution in [2.24, 2.45) is 0 Å². The quantitative estimate of drug-likeness (QED) is 0.493. The number of nitrogens with one attached hydrogen (secondary N) is 4. The topological polar surface area (TPSA) is 116 Å². The monoisotopic (exact) mass is 441 g/mol. The fourth-order valence-corrected chi connectivity index (χ4v) is 3.55. The molecule has 8 nitrogen and oxygen atoms in total. The smallest absolute Gasteiger partial charge is 0.258 e. The lowest BCUT2D eigenvalue weighted by molar-refractivity contribution is -0.123. The minimum absolute atomic E-state index is 0.0141. The molecule has 2 heterocycles. The van der Waals surface area contributed by atoms with E-state index in [1.165, 1.54) is 24.3 Å². The second kappa shape index (κ2) is 8.19.